The van der Waals surface area contributed by atoms with Crippen molar-refractivity contribution in [2.45, 2.75) is 19.3 Å². The van der Waals surface area contributed by atoms with Gasteiger partial charge in [-0.25, -0.2) is 0 Å². The van der Waals surface area contributed by atoms with Crippen LogP contribution in [0.5, 0.6) is 0 Å². The van der Waals surface area contributed by atoms with Crippen LogP contribution in [0.3, 0.4) is 0 Å². The van der Waals surface area contributed by atoms with Crippen molar-refractivity contribution in [1.82, 2.24) is 4.98 Å². The SMILES string of the molecule is O=C(Nc1ccc2c3c(c(=O)[nH]c2c1)CCC3)c1ccccc1[N+](=O)[O-]. The van der Waals surface area contributed by atoms with Crippen molar-refractivity contribution in [3.05, 3.63) is 79.6 Å². The number of amides is 1. The van der Waals surface area contributed by atoms with Gasteiger partial charge in [0.2, 0.25) is 0 Å². The Balaban J connectivity index is 1.70. The maximum Gasteiger partial charge on any atom is 0.282 e. The van der Waals surface area contributed by atoms with E-state index in [1.165, 1.54) is 18.2 Å². The van der Waals surface area contributed by atoms with Gasteiger partial charge in [-0.05, 0) is 43.0 Å². The number of benzene rings is 2. The third-order valence-electron chi connectivity index (χ3n) is 4.69. The summed E-state index contributed by atoms with van der Waals surface area (Å²) >= 11 is 0. The molecule has 0 fully saturated rings. The van der Waals surface area contributed by atoms with Gasteiger partial charge in [0, 0.05) is 22.7 Å². The van der Waals surface area contributed by atoms with Crippen LogP contribution in [0.2, 0.25) is 0 Å². The molecular weight excluding hydrogens is 334 g/mol. The molecule has 26 heavy (non-hydrogen) atoms. The van der Waals surface area contributed by atoms with Crippen molar-refractivity contribution < 1.29 is 9.72 Å². The highest BCUT2D eigenvalue weighted by Gasteiger charge is 2.20. The number of hydrogen-bond donors (Lipinski definition) is 2. The van der Waals surface area contributed by atoms with Gasteiger partial charge < -0.3 is 10.3 Å². The van der Waals surface area contributed by atoms with E-state index >= 15 is 0 Å². The first-order chi connectivity index (χ1) is 12.5. The number of aromatic amines is 1. The molecule has 130 valence electrons. The number of nitrogens with zero attached hydrogens (tertiary/aromatic N) is 1. The second-order valence-electron chi connectivity index (χ2n) is 6.25. The highest BCUT2D eigenvalue weighted by molar-refractivity contribution is 6.07. The molecule has 0 unspecified atom stereocenters. The second kappa shape index (κ2) is 6.11. The van der Waals surface area contributed by atoms with Crippen molar-refractivity contribution in [2.24, 2.45) is 0 Å². The Kier molecular flexibility index (Phi) is 3.76. The molecule has 0 bridgehead atoms. The maximum absolute atomic E-state index is 12.4. The molecule has 0 saturated carbocycles. The van der Waals surface area contributed by atoms with Crippen LogP contribution in [0.25, 0.3) is 10.9 Å². The van der Waals surface area contributed by atoms with E-state index in [1.54, 1.807) is 18.2 Å². The number of nitrogens with one attached hydrogen (secondary N) is 2. The highest BCUT2D eigenvalue weighted by atomic mass is 16.6. The van der Waals surface area contributed by atoms with E-state index < -0.39 is 10.8 Å². The molecule has 0 radical (unpaired) electrons. The minimum Gasteiger partial charge on any atom is -0.322 e. The zero-order valence-corrected chi connectivity index (χ0v) is 13.7. The van der Waals surface area contributed by atoms with Gasteiger partial charge in [0.1, 0.15) is 5.56 Å². The molecule has 7 nitrogen and oxygen atoms in total. The molecule has 4 rings (SSSR count). The molecular formula is C19H15N3O4. The number of fused-ring (bicyclic) bond motifs is 3. The summed E-state index contributed by atoms with van der Waals surface area (Å²) in [6.07, 6.45) is 2.63. The molecule has 1 aliphatic rings. The van der Waals surface area contributed by atoms with Crippen LogP contribution >= 0.6 is 0 Å². The number of nitro benzene ring substituents is 1. The number of hydrogen-bond acceptors (Lipinski definition) is 4. The summed E-state index contributed by atoms with van der Waals surface area (Å²) in [5, 5.41) is 14.7. The Hall–Kier alpha value is -3.48. The molecule has 2 aromatic carbocycles. The van der Waals surface area contributed by atoms with Gasteiger partial charge in [-0.15, -0.1) is 0 Å². The maximum atomic E-state index is 12.4. The molecule has 0 spiro atoms. The fraction of sp³-hybridized carbons (Fsp3) is 0.158. The van der Waals surface area contributed by atoms with Gasteiger partial charge in [0.25, 0.3) is 17.2 Å². The Morgan fingerprint density at radius 3 is 2.69 bits per heavy atom. The average Bonchev–Trinajstić information content (AvgIpc) is 3.12. The minimum absolute atomic E-state index is 0.0138. The predicted molar refractivity (Wildman–Crippen MR) is 97.6 cm³/mol. The lowest BCUT2D eigenvalue weighted by atomic mass is 10.1. The monoisotopic (exact) mass is 349 g/mol. The molecule has 2 N–H and O–H groups in total. The average molecular weight is 349 g/mol. The van der Waals surface area contributed by atoms with Crippen molar-refractivity contribution in [3.8, 4) is 0 Å². The van der Waals surface area contributed by atoms with E-state index in [9.17, 15) is 19.7 Å². The fourth-order valence-corrected chi connectivity index (χ4v) is 3.50. The number of rotatable bonds is 3. The van der Waals surface area contributed by atoms with E-state index in [-0.39, 0.29) is 16.8 Å². The second-order valence-corrected chi connectivity index (χ2v) is 6.25. The zero-order valence-electron chi connectivity index (χ0n) is 13.7. The lowest BCUT2D eigenvalue weighted by Gasteiger charge is -2.09. The smallest absolute Gasteiger partial charge is 0.282 e. The van der Waals surface area contributed by atoms with E-state index in [0.29, 0.717) is 11.2 Å². The summed E-state index contributed by atoms with van der Waals surface area (Å²) in [4.78, 5) is 38.0. The fourth-order valence-electron chi connectivity index (χ4n) is 3.50. The number of carbonyl (C=O) groups is 1. The van der Waals surface area contributed by atoms with Gasteiger partial charge in [0.05, 0.1) is 10.4 Å². The van der Waals surface area contributed by atoms with Crippen LogP contribution in [0.4, 0.5) is 11.4 Å². The third-order valence-corrected chi connectivity index (χ3v) is 4.69. The number of anilines is 1. The number of para-hydroxylation sites is 1. The first kappa shape index (κ1) is 16.0. The molecule has 1 aromatic heterocycles. The summed E-state index contributed by atoms with van der Waals surface area (Å²) in [7, 11) is 0. The predicted octanol–water partition coefficient (Wildman–Crippen LogP) is 3.18. The first-order valence-corrected chi connectivity index (χ1v) is 8.27. The summed E-state index contributed by atoms with van der Waals surface area (Å²) in [6.45, 7) is 0. The Morgan fingerprint density at radius 1 is 1.12 bits per heavy atom. The number of H-pyrrole nitrogens is 1. The Labute approximate surface area is 147 Å². The number of carbonyl (C=O) groups excluding carboxylic acids is 1. The van der Waals surface area contributed by atoms with Crippen molar-refractivity contribution in [2.75, 3.05) is 5.32 Å². The Bertz CT molecular complexity index is 1120. The van der Waals surface area contributed by atoms with E-state index in [4.69, 9.17) is 0 Å². The summed E-state index contributed by atoms with van der Waals surface area (Å²) in [6, 6.07) is 11.1. The van der Waals surface area contributed by atoms with Crippen LogP contribution in [0, 0.1) is 10.1 Å². The molecule has 0 saturated heterocycles. The minimum atomic E-state index is -0.587. The standard InChI is InChI=1S/C19H15N3O4/c23-18-14-6-3-5-12(14)13-9-8-11(10-16(13)21-18)20-19(24)15-4-1-2-7-17(15)22(25)26/h1-2,4,7-10H,3,5-6H2,(H,20,24)(H,21,23). The van der Waals surface area contributed by atoms with Crippen molar-refractivity contribution >= 4 is 28.2 Å². The summed E-state index contributed by atoms with van der Waals surface area (Å²) in [5.41, 5.74) is 2.67. The number of pyridine rings is 1. The van der Waals surface area contributed by atoms with Crippen molar-refractivity contribution in [1.29, 1.82) is 0 Å². The molecule has 1 aliphatic carbocycles. The highest BCUT2D eigenvalue weighted by Crippen LogP contribution is 2.28. The van der Waals surface area contributed by atoms with Crippen LogP contribution < -0.4 is 10.9 Å². The van der Waals surface area contributed by atoms with Gasteiger partial charge in [0.15, 0.2) is 0 Å². The third kappa shape index (κ3) is 2.63. The lowest BCUT2D eigenvalue weighted by molar-refractivity contribution is -0.385. The summed E-state index contributed by atoms with van der Waals surface area (Å²) in [5.74, 6) is -0.569. The molecule has 0 atom stereocenters. The Morgan fingerprint density at radius 2 is 1.88 bits per heavy atom. The summed E-state index contributed by atoms with van der Waals surface area (Å²) < 4.78 is 0. The molecule has 7 heteroatoms. The van der Waals surface area contributed by atoms with Gasteiger partial charge >= 0.3 is 0 Å². The van der Waals surface area contributed by atoms with Gasteiger partial charge in [-0.3, -0.25) is 19.7 Å². The number of aromatic nitrogens is 1. The largest absolute Gasteiger partial charge is 0.322 e. The zero-order chi connectivity index (χ0) is 18.3. The first-order valence-electron chi connectivity index (χ1n) is 8.27. The number of nitro groups is 1. The van der Waals surface area contributed by atoms with Crippen LogP contribution in [0.1, 0.15) is 27.9 Å². The van der Waals surface area contributed by atoms with E-state index in [0.717, 1.165) is 35.8 Å². The van der Waals surface area contributed by atoms with Crippen LogP contribution in [-0.2, 0) is 12.8 Å². The van der Waals surface area contributed by atoms with Gasteiger partial charge in [-0.2, -0.15) is 0 Å². The topological polar surface area (TPSA) is 105 Å². The quantitative estimate of drug-likeness (QED) is 0.559. The van der Waals surface area contributed by atoms with E-state index in [1.807, 2.05) is 6.07 Å². The van der Waals surface area contributed by atoms with Gasteiger partial charge in [-0.1, -0.05) is 18.2 Å². The number of aryl methyl sites for hydroxylation is 1. The lowest BCUT2D eigenvalue weighted by Crippen LogP contribution is -2.15. The molecule has 3 aromatic rings. The normalized spacial score (nSPS) is 12.8. The molecule has 1 heterocycles. The molecule has 0 aliphatic heterocycles. The van der Waals surface area contributed by atoms with Crippen LogP contribution in [-0.4, -0.2) is 15.8 Å². The van der Waals surface area contributed by atoms with Crippen molar-refractivity contribution in [3.63, 3.8) is 0 Å². The molecule has 1 amide bonds. The van der Waals surface area contributed by atoms with Crippen LogP contribution in [0.15, 0.2) is 47.3 Å². The van der Waals surface area contributed by atoms with E-state index in [2.05, 4.69) is 10.3 Å².